The Morgan fingerprint density at radius 1 is 0.900 bits per heavy atom. The molecule has 0 spiro atoms. The van der Waals surface area contributed by atoms with Crippen molar-refractivity contribution in [3.63, 3.8) is 0 Å². The number of aliphatic carboxylic acids is 2. The van der Waals surface area contributed by atoms with E-state index in [-0.39, 0.29) is 0 Å². The Kier molecular flexibility index (Phi) is 7.37. The van der Waals surface area contributed by atoms with Gasteiger partial charge in [-0.25, -0.2) is 9.59 Å². The first kappa shape index (κ1) is 21.7. The lowest BCUT2D eigenvalue weighted by Crippen LogP contribution is -2.46. The number of rotatable bonds is 3. The topological polar surface area (TPSA) is 99.5 Å². The van der Waals surface area contributed by atoms with Crippen LogP contribution in [-0.4, -0.2) is 66.4 Å². The maximum Gasteiger partial charge on any atom is 0.414 e. The highest BCUT2D eigenvalue weighted by molar-refractivity contribution is 6.30. The molecule has 0 bridgehead atoms. The molecule has 2 N–H and O–H groups in total. The van der Waals surface area contributed by atoms with Crippen molar-refractivity contribution >= 4 is 29.2 Å². The second-order valence-corrected chi connectivity index (χ2v) is 7.27. The standard InChI is InChI=1S/C19H21ClN2O2.C2H2O4/c20-16-3-1-2-15(12-16)14-21-6-8-22(9-7-21)17-4-5-18-19(13-17)24-11-10-23-18;3-1(4)2(5)6/h1-5,12-13H,6-11,14H2;(H,3,4)(H,5,6). The molecule has 4 rings (SSSR count). The van der Waals surface area contributed by atoms with Gasteiger partial charge in [0.15, 0.2) is 11.5 Å². The summed E-state index contributed by atoms with van der Waals surface area (Å²) in [6, 6.07) is 14.4. The van der Waals surface area contributed by atoms with E-state index in [4.69, 9.17) is 40.9 Å². The fourth-order valence-corrected chi connectivity index (χ4v) is 3.50. The van der Waals surface area contributed by atoms with Crippen LogP contribution >= 0.6 is 11.6 Å². The van der Waals surface area contributed by atoms with Gasteiger partial charge in [0, 0.05) is 49.5 Å². The maximum atomic E-state index is 9.10. The van der Waals surface area contributed by atoms with Crippen molar-refractivity contribution in [3.8, 4) is 11.5 Å². The Balaban J connectivity index is 0.000000377. The van der Waals surface area contributed by atoms with Gasteiger partial charge in [-0.05, 0) is 29.8 Å². The van der Waals surface area contributed by atoms with Crippen LogP contribution in [0, 0.1) is 0 Å². The van der Waals surface area contributed by atoms with Crippen LogP contribution in [0.3, 0.4) is 0 Å². The van der Waals surface area contributed by atoms with Crippen molar-refractivity contribution in [3.05, 3.63) is 53.1 Å². The van der Waals surface area contributed by atoms with Gasteiger partial charge >= 0.3 is 11.9 Å². The molecule has 2 heterocycles. The molecule has 1 fully saturated rings. The van der Waals surface area contributed by atoms with Crippen molar-refractivity contribution in [2.24, 2.45) is 0 Å². The molecule has 30 heavy (non-hydrogen) atoms. The molecule has 8 nitrogen and oxygen atoms in total. The van der Waals surface area contributed by atoms with Crippen molar-refractivity contribution < 1.29 is 29.3 Å². The van der Waals surface area contributed by atoms with Gasteiger partial charge in [0.1, 0.15) is 13.2 Å². The number of hydrogen-bond acceptors (Lipinski definition) is 6. The second-order valence-electron chi connectivity index (χ2n) is 6.83. The molecule has 0 aliphatic carbocycles. The van der Waals surface area contributed by atoms with Crippen LogP contribution in [-0.2, 0) is 16.1 Å². The maximum absolute atomic E-state index is 9.10. The van der Waals surface area contributed by atoms with E-state index in [1.807, 2.05) is 18.2 Å². The van der Waals surface area contributed by atoms with E-state index in [2.05, 4.69) is 34.1 Å². The average Bonchev–Trinajstić information content (AvgIpc) is 2.74. The third kappa shape index (κ3) is 6.01. The largest absolute Gasteiger partial charge is 0.486 e. The van der Waals surface area contributed by atoms with Gasteiger partial charge in [0.25, 0.3) is 0 Å². The van der Waals surface area contributed by atoms with Crippen molar-refractivity contribution in [2.75, 3.05) is 44.3 Å². The minimum atomic E-state index is -1.82. The summed E-state index contributed by atoms with van der Waals surface area (Å²) in [5.41, 5.74) is 2.48. The van der Waals surface area contributed by atoms with E-state index in [0.717, 1.165) is 49.2 Å². The molecular formula is C21H23ClN2O6. The Morgan fingerprint density at radius 2 is 1.57 bits per heavy atom. The number of piperazine rings is 1. The molecule has 1 saturated heterocycles. The summed E-state index contributed by atoms with van der Waals surface area (Å²) in [6.45, 7) is 6.33. The lowest BCUT2D eigenvalue weighted by Gasteiger charge is -2.36. The zero-order valence-corrected chi connectivity index (χ0v) is 17.0. The Hall–Kier alpha value is -2.97. The van der Waals surface area contributed by atoms with Crippen LogP contribution in [0.4, 0.5) is 5.69 Å². The van der Waals surface area contributed by atoms with Gasteiger partial charge in [-0.1, -0.05) is 23.7 Å². The monoisotopic (exact) mass is 434 g/mol. The van der Waals surface area contributed by atoms with Crippen LogP contribution in [0.25, 0.3) is 0 Å². The van der Waals surface area contributed by atoms with Crippen LogP contribution in [0.2, 0.25) is 5.02 Å². The molecule has 2 aliphatic rings. The molecule has 9 heteroatoms. The van der Waals surface area contributed by atoms with Gasteiger partial charge < -0.3 is 24.6 Å². The van der Waals surface area contributed by atoms with Crippen LogP contribution in [0.5, 0.6) is 11.5 Å². The van der Waals surface area contributed by atoms with Crippen molar-refractivity contribution in [1.29, 1.82) is 0 Å². The molecule has 0 aromatic heterocycles. The van der Waals surface area contributed by atoms with E-state index in [1.165, 1.54) is 11.3 Å². The SMILES string of the molecule is Clc1cccc(CN2CCN(c3ccc4c(c3)OCCO4)CC2)c1.O=C(O)C(=O)O. The van der Waals surface area contributed by atoms with E-state index in [0.29, 0.717) is 13.2 Å². The van der Waals surface area contributed by atoms with E-state index in [9.17, 15) is 0 Å². The smallest absolute Gasteiger partial charge is 0.414 e. The van der Waals surface area contributed by atoms with Gasteiger partial charge in [-0.2, -0.15) is 0 Å². The normalized spacial score (nSPS) is 15.7. The first-order chi connectivity index (χ1) is 14.4. The molecule has 160 valence electrons. The number of carboxylic acid groups (broad SMARTS) is 2. The van der Waals surface area contributed by atoms with Gasteiger partial charge in [-0.15, -0.1) is 0 Å². The molecule has 0 saturated carbocycles. The first-order valence-corrected chi connectivity index (χ1v) is 9.88. The van der Waals surface area contributed by atoms with Gasteiger partial charge in [0.05, 0.1) is 0 Å². The summed E-state index contributed by atoms with van der Waals surface area (Å²) in [5.74, 6) is -1.94. The summed E-state index contributed by atoms with van der Waals surface area (Å²) < 4.78 is 11.3. The quantitative estimate of drug-likeness (QED) is 0.711. The van der Waals surface area contributed by atoms with Gasteiger partial charge in [0.2, 0.25) is 0 Å². The molecule has 0 unspecified atom stereocenters. The number of halogens is 1. The molecule has 2 aliphatic heterocycles. The zero-order valence-electron chi connectivity index (χ0n) is 16.3. The predicted molar refractivity (Wildman–Crippen MR) is 112 cm³/mol. The number of carbonyl (C=O) groups is 2. The minimum absolute atomic E-state index is 0.629. The van der Waals surface area contributed by atoms with E-state index >= 15 is 0 Å². The number of carboxylic acids is 2. The number of benzene rings is 2. The van der Waals surface area contributed by atoms with E-state index < -0.39 is 11.9 Å². The molecule has 0 radical (unpaired) electrons. The summed E-state index contributed by atoms with van der Waals surface area (Å²) >= 11 is 6.07. The Morgan fingerprint density at radius 3 is 2.20 bits per heavy atom. The highest BCUT2D eigenvalue weighted by Crippen LogP contribution is 2.34. The van der Waals surface area contributed by atoms with Crippen LogP contribution < -0.4 is 14.4 Å². The Bertz CT molecular complexity index is 887. The average molecular weight is 435 g/mol. The lowest BCUT2D eigenvalue weighted by atomic mass is 10.2. The van der Waals surface area contributed by atoms with Crippen molar-refractivity contribution in [2.45, 2.75) is 6.54 Å². The second kappa shape index (κ2) is 10.2. The molecule has 0 amide bonds. The summed E-state index contributed by atoms with van der Waals surface area (Å²) in [6.07, 6.45) is 0. The number of hydrogen-bond donors (Lipinski definition) is 2. The fraction of sp³-hybridized carbons (Fsp3) is 0.333. The van der Waals surface area contributed by atoms with Gasteiger partial charge in [-0.3, -0.25) is 4.90 Å². The third-order valence-electron chi connectivity index (χ3n) is 4.74. The minimum Gasteiger partial charge on any atom is -0.486 e. The molecule has 2 aromatic carbocycles. The van der Waals surface area contributed by atoms with Crippen LogP contribution in [0.1, 0.15) is 5.56 Å². The molecule has 2 aromatic rings. The number of nitrogens with zero attached hydrogens (tertiary/aromatic N) is 2. The lowest BCUT2D eigenvalue weighted by molar-refractivity contribution is -0.159. The highest BCUT2D eigenvalue weighted by atomic mass is 35.5. The Labute approximate surface area is 179 Å². The summed E-state index contributed by atoms with van der Waals surface area (Å²) in [7, 11) is 0. The highest BCUT2D eigenvalue weighted by Gasteiger charge is 2.20. The fourth-order valence-electron chi connectivity index (χ4n) is 3.29. The predicted octanol–water partition coefficient (Wildman–Crippen LogP) is 2.59. The number of anilines is 1. The zero-order chi connectivity index (χ0) is 21.5. The molecule has 0 atom stereocenters. The third-order valence-corrected chi connectivity index (χ3v) is 4.98. The van der Waals surface area contributed by atoms with Crippen LogP contribution in [0.15, 0.2) is 42.5 Å². The summed E-state index contributed by atoms with van der Waals surface area (Å²) in [4.78, 5) is 23.1. The first-order valence-electron chi connectivity index (χ1n) is 9.50. The number of fused-ring (bicyclic) bond motifs is 1. The number of ether oxygens (including phenoxy) is 2. The summed E-state index contributed by atoms with van der Waals surface area (Å²) in [5, 5.41) is 15.6. The van der Waals surface area contributed by atoms with Crippen molar-refractivity contribution in [1.82, 2.24) is 4.90 Å². The molecular weight excluding hydrogens is 412 g/mol. The van der Waals surface area contributed by atoms with E-state index in [1.54, 1.807) is 0 Å².